The van der Waals surface area contributed by atoms with Crippen molar-refractivity contribution in [3.8, 4) is 0 Å². The second-order valence-corrected chi connectivity index (χ2v) is 5.64. The summed E-state index contributed by atoms with van der Waals surface area (Å²) in [6, 6.07) is 3.04. The average molecular weight is 416 g/mol. The smallest absolute Gasteiger partial charge is 0.416 e. The van der Waals surface area contributed by atoms with Crippen molar-refractivity contribution in [1.29, 1.82) is 0 Å². The predicted molar refractivity (Wildman–Crippen MR) is 100 cm³/mol. The van der Waals surface area contributed by atoms with E-state index in [9.17, 15) is 27.6 Å². The van der Waals surface area contributed by atoms with Gasteiger partial charge in [0.05, 0.1) is 23.5 Å². The summed E-state index contributed by atoms with van der Waals surface area (Å²) in [6.07, 6.45) is -2.95. The van der Waals surface area contributed by atoms with Crippen molar-refractivity contribution >= 4 is 29.2 Å². The number of rotatable bonds is 9. The molecule has 0 heterocycles. The quantitative estimate of drug-likeness (QED) is 0.492. The first-order chi connectivity index (χ1) is 13.6. The van der Waals surface area contributed by atoms with Crippen LogP contribution in [0.5, 0.6) is 0 Å². The zero-order valence-electron chi connectivity index (χ0n) is 16.3. The number of ether oxygens (including phenoxy) is 2. The Kier molecular flexibility index (Phi) is 9.17. The molecule has 1 aromatic rings. The number of alkyl halides is 3. The lowest BCUT2D eigenvalue weighted by Crippen LogP contribution is -2.26. The molecule has 0 radical (unpaired) electrons. The van der Waals surface area contributed by atoms with Crippen LogP contribution in [0, 0.1) is 0 Å². The molecule has 1 amide bonds. The number of benzene rings is 1. The van der Waals surface area contributed by atoms with Gasteiger partial charge in [-0.1, -0.05) is 0 Å². The molecule has 0 aliphatic rings. The molecule has 0 aromatic heterocycles. The third kappa shape index (κ3) is 7.84. The normalized spacial score (nSPS) is 11.2. The molecule has 10 heteroatoms. The van der Waals surface area contributed by atoms with Crippen molar-refractivity contribution in [2.24, 2.45) is 0 Å². The first-order valence-corrected chi connectivity index (χ1v) is 8.89. The van der Waals surface area contributed by atoms with Gasteiger partial charge in [-0.15, -0.1) is 0 Å². The number of nitrogens with zero attached hydrogens (tertiary/aromatic N) is 1. The number of hydrogen-bond donors (Lipinski definition) is 1. The largest absolute Gasteiger partial charge is 0.463 e. The molecule has 0 atom stereocenters. The molecule has 7 nitrogen and oxygen atoms in total. The zero-order valence-corrected chi connectivity index (χ0v) is 16.3. The third-order valence-corrected chi connectivity index (χ3v) is 3.69. The summed E-state index contributed by atoms with van der Waals surface area (Å²) in [5.41, 5.74) is -0.561. The van der Waals surface area contributed by atoms with Crippen LogP contribution in [0.15, 0.2) is 30.4 Å². The van der Waals surface area contributed by atoms with Crippen molar-refractivity contribution in [3.05, 3.63) is 35.9 Å². The SMILES string of the molecule is CCOC(=O)/C=C/C(=O)OCC(=O)Nc1cc(C(F)(F)F)ccc1N(CC)CC. The number of anilines is 2. The van der Waals surface area contributed by atoms with E-state index in [-0.39, 0.29) is 12.3 Å². The molecule has 160 valence electrons. The molecule has 1 N–H and O–H groups in total. The van der Waals surface area contributed by atoms with E-state index >= 15 is 0 Å². The predicted octanol–water partition coefficient (Wildman–Crippen LogP) is 3.15. The van der Waals surface area contributed by atoms with Crippen LogP contribution in [-0.4, -0.2) is 44.1 Å². The first kappa shape index (κ1) is 24.0. The Hall–Kier alpha value is -3.04. The van der Waals surface area contributed by atoms with Crippen molar-refractivity contribution in [3.63, 3.8) is 0 Å². The van der Waals surface area contributed by atoms with Gasteiger partial charge in [-0.2, -0.15) is 13.2 Å². The first-order valence-electron chi connectivity index (χ1n) is 8.89. The fourth-order valence-corrected chi connectivity index (χ4v) is 2.35. The van der Waals surface area contributed by atoms with E-state index in [1.165, 1.54) is 6.07 Å². The summed E-state index contributed by atoms with van der Waals surface area (Å²) in [6.45, 7) is 5.66. The molecule has 0 aliphatic heterocycles. The van der Waals surface area contributed by atoms with Crippen LogP contribution < -0.4 is 10.2 Å². The van der Waals surface area contributed by atoms with Crippen LogP contribution >= 0.6 is 0 Å². The van der Waals surface area contributed by atoms with Crippen LogP contribution in [0.4, 0.5) is 24.5 Å². The molecule has 0 saturated carbocycles. The second kappa shape index (κ2) is 11.1. The fraction of sp³-hybridized carbons (Fsp3) is 0.421. The van der Waals surface area contributed by atoms with Gasteiger partial charge in [0, 0.05) is 25.2 Å². The maximum absolute atomic E-state index is 13.0. The average Bonchev–Trinajstić information content (AvgIpc) is 2.66. The van der Waals surface area contributed by atoms with Gasteiger partial charge < -0.3 is 19.7 Å². The summed E-state index contributed by atoms with van der Waals surface area (Å²) in [5.74, 6) is -2.54. The van der Waals surface area contributed by atoms with Crippen LogP contribution in [0.1, 0.15) is 26.3 Å². The lowest BCUT2D eigenvalue weighted by atomic mass is 10.1. The van der Waals surface area contributed by atoms with Crippen molar-refractivity contribution < 1.29 is 37.0 Å². The number of esters is 2. The van der Waals surface area contributed by atoms with Gasteiger partial charge in [0.2, 0.25) is 0 Å². The van der Waals surface area contributed by atoms with Gasteiger partial charge in [-0.05, 0) is 39.0 Å². The molecule has 1 aromatic carbocycles. The third-order valence-electron chi connectivity index (χ3n) is 3.69. The monoisotopic (exact) mass is 416 g/mol. The Morgan fingerprint density at radius 1 is 1.03 bits per heavy atom. The highest BCUT2D eigenvalue weighted by Gasteiger charge is 2.31. The van der Waals surface area contributed by atoms with E-state index in [1.54, 1.807) is 11.8 Å². The van der Waals surface area contributed by atoms with E-state index in [1.807, 2.05) is 13.8 Å². The molecule has 0 spiro atoms. The van der Waals surface area contributed by atoms with Gasteiger partial charge >= 0.3 is 18.1 Å². The minimum absolute atomic E-state index is 0.0494. The Bertz CT molecular complexity index is 759. The Morgan fingerprint density at radius 3 is 2.14 bits per heavy atom. The van der Waals surface area contributed by atoms with E-state index in [0.717, 1.165) is 24.3 Å². The van der Waals surface area contributed by atoms with Crippen LogP contribution in [0.2, 0.25) is 0 Å². The lowest BCUT2D eigenvalue weighted by Gasteiger charge is -2.25. The van der Waals surface area contributed by atoms with Crippen LogP contribution in [0.3, 0.4) is 0 Å². The maximum atomic E-state index is 13.0. The highest BCUT2D eigenvalue weighted by Crippen LogP contribution is 2.35. The van der Waals surface area contributed by atoms with Crippen LogP contribution in [0.25, 0.3) is 0 Å². The van der Waals surface area contributed by atoms with Crippen LogP contribution in [-0.2, 0) is 30.0 Å². The summed E-state index contributed by atoms with van der Waals surface area (Å²) >= 11 is 0. The molecule has 1 rings (SSSR count). The van der Waals surface area contributed by atoms with Crippen molar-refractivity contribution in [2.75, 3.05) is 36.5 Å². The van der Waals surface area contributed by atoms with E-state index in [2.05, 4.69) is 14.8 Å². The fourth-order valence-electron chi connectivity index (χ4n) is 2.35. The van der Waals surface area contributed by atoms with Gasteiger partial charge in [-0.25, -0.2) is 9.59 Å². The minimum Gasteiger partial charge on any atom is -0.463 e. The number of carbonyl (C=O) groups excluding carboxylic acids is 3. The number of nitrogens with one attached hydrogen (secondary N) is 1. The Balaban J connectivity index is 2.87. The van der Waals surface area contributed by atoms with Gasteiger partial charge in [-0.3, -0.25) is 4.79 Å². The van der Waals surface area contributed by atoms with Gasteiger partial charge in [0.1, 0.15) is 0 Å². The summed E-state index contributed by atoms with van der Waals surface area (Å²) in [5, 5.41) is 2.34. The number of halogens is 3. The molecule has 29 heavy (non-hydrogen) atoms. The summed E-state index contributed by atoms with van der Waals surface area (Å²) in [4.78, 5) is 36.4. The lowest BCUT2D eigenvalue weighted by molar-refractivity contribution is -0.143. The van der Waals surface area contributed by atoms with Gasteiger partial charge in [0.25, 0.3) is 5.91 Å². The highest BCUT2D eigenvalue weighted by atomic mass is 19.4. The highest BCUT2D eigenvalue weighted by molar-refractivity contribution is 5.97. The molecule has 0 unspecified atom stereocenters. The maximum Gasteiger partial charge on any atom is 0.416 e. The Morgan fingerprint density at radius 2 is 1.62 bits per heavy atom. The van der Waals surface area contributed by atoms with Crippen molar-refractivity contribution in [1.82, 2.24) is 0 Å². The molecule has 0 aliphatic carbocycles. The zero-order chi connectivity index (χ0) is 22.0. The molecule has 0 fully saturated rings. The molecular formula is C19H23F3N2O5. The molecule has 0 bridgehead atoms. The second-order valence-electron chi connectivity index (χ2n) is 5.64. The topological polar surface area (TPSA) is 84.9 Å². The molecular weight excluding hydrogens is 393 g/mol. The van der Waals surface area contributed by atoms with Gasteiger partial charge in [0.15, 0.2) is 6.61 Å². The minimum atomic E-state index is -4.58. The van der Waals surface area contributed by atoms with E-state index in [0.29, 0.717) is 18.8 Å². The summed E-state index contributed by atoms with van der Waals surface area (Å²) in [7, 11) is 0. The van der Waals surface area contributed by atoms with Crippen molar-refractivity contribution in [2.45, 2.75) is 26.9 Å². The van der Waals surface area contributed by atoms with E-state index < -0.39 is 36.2 Å². The summed E-state index contributed by atoms with van der Waals surface area (Å²) < 4.78 is 48.3. The number of carbonyl (C=O) groups is 3. The van der Waals surface area contributed by atoms with E-state index in [4.69, 9.17) is 0 Å². The number of hydrogen-bond acceptors (Lipinski definition) is 6. The molecule has 0 saturated heterocycles. The standard InChI is InChI=1S/C19H23F3N2O5/c1-4-24(5-2)15-8-7-13(19(20,21)22)11-14(15)23-16(25)12-29-18(27)10-9-17(26)28-6-3/h7-11H,4-6,12H2,1-3H3,(H,23,25)/b10-9+. The Labute approximate surface area is 166 Å². The number of amides is 1.